The highest BCUT2D eigenvalue weighted by Gasteiger charge is 2.24. The fourth-order valence-corrected chi connectivity index (χ4v) is 3.81. The number of benzene rings is 2. The van der Waals surface area contributed by atoms with E-state index in [1.54, 1.807) is 0 Å². The molecule has 2 aliphatic carbocycles. The van der Waals surface area contributed by atoms with E-state index < -0.39 is 0 Å². The molecule has 3 nitrogen and oxygen atoms in total. The molecule has 0 saturated carbocycles. The second-order valence-corrected chi connectivity index (χ2v) is 6.60. The Bertz CT molecular complexity index is 754. The summed E-state index contributed by atoms with van der Waals surface area (Å²) in [5.41, 5.74) is 13.0. The molecule has 0 spiro atoms. The number of aliphatic imine (C=N–C) groups is 1. The van der Waals surface area contributed by atoms with Crippen molar-refractivity contribution in [2.45, 2.75) is 38.0 Å². The van der Waals surface area contributed by atoms with Crippen molar-refractivity contribution in [3.05, 3.63) is 64.7 Å². The number of halogens is 1. The largest absolute Gasteiger partial charge is 0.370 e. The maximum Gasteiger partial charge on any atom is 0.193 e. The molecular formula is C20H24IN3. The van der Waals surface area contributed by atoms with Crippen LogP contribution in [0.4, 0.5) is 5.69 Å². The Kier molecular flexibility index (Phi) is 5.43. The van der Waals surface area contributed by atoms with E-state index in [0.717, 1.165) is 25.1 Å². The lowest BCUT2D eigenvalue weighted by Crippen LogP contribution is -2.26. The molecule has 1 unspecified atom stereocenters. The maximum absolute atomic E-state index is 6.12. The summed E-state index contributed by atoms with van der Waals surface area (Å²) in [7, 11) is 0. The lowest BCUT2D eigenvalue weighted by molar-refractivity contribution is 0.619. The van der Waals surface area contributed by atoms with Gasteiger partial charge in [0.1, 0.15) is 0 Å². The number of rotatable bonds is 3. The highest BCUT2D eigenvalue weighted by atomic mass is 127. The normalized spacial score (nSPS) is 18.7. The second-order valence-electron chi connectivity index (χ2n) is 6.60. The molecule has 126 valence electrons. The topological polar surface area (TPSA) is 50.4 Å². The minimum atomic E-state index is 0. The first kappa shape index (κ1) is 17.3. The number of guanidine groups is 1. The molecule has 4 heteroatoms. The molecule has 1 atom stereocenters. The fraction of sp³-hybridized carbons (Fsp3) is 0.350. The lowest BCUT2D eigenvalue weighted by atomic mass is 9.78. The summed E-state index contributed by atoms with van der Waals surface area (Å²) in [5.74, 6) is 1.06. The molecule has 3 N–H and O–H groups in total. The smallest absolute Gasteiger partial charge is 0.193 e. The van der Waals surface area contributed by atoms with Crippen molar-refractivity contribution < 1.29 is 0 Å². The van der Waals surface area contributed by atoms with Crippen molar-refractivity contribution in [1.82, 2.24) is 0 Å². The number of fused-ring (bicyclic) bond motifs is 2. The van der Waals surface area contributed by atoms with E-state index in [1.807, 2.05) is 0 Å². The zero-order valence-corrected chi connectivity index (χ0v) is 16.1. The van der Waals surface area contributed by atoms with Crippen LogP contribution in [0.3, 0.4) is 0 Å². The zero-order chi connectivity index (χ0) is 15.6. The molecule has 2 aliphatic rings. The molecule has 0 radical (unpaired) electrons. The van der Waals surface area contributed by atoms with Crippen LogP contribution in [0.5, 0.6) is 0 Å². The summed E-state index contributed by atoms with van der Waals surface area (Å²) in [6.07, 6.45) is 6.00. The number of nitrogens with zero attached hydrogens (tertiary/aromatic N) is 1. The highest BCUT2D eigenvalue weighted by molar-refractivity contribution is 14.0. The van der Waals surface area contributed by atoms with Gasteiger partial charge in [0, 0.05) is 18.2 Å². The third-order valence-corrected chi connectivity index (χ3v) is 5.10. The van der Waals surface area contributed by atoms with Crippen molar-refractivity contribution in [1.29, 1.82) is 0 Å². The van der Waals surface area contributed by atoms with Crippen LogP contribution in [-0.4, -0.2) is 12.5 Å². The van der Waals surface area contributed by atoms with Crippen LogP contribution in [0.25, 0.3) is 0 Å². The minimum Gasteiger partial charge on any atom is -0.370 e. The number of hydrogen-bond acceptors (Lipinski definition) is 1. The van der Waals surface area contributed by atoms with Gasteiger partial charge in [-0.2, -0.15) is 0 Å². The van der Waals surface area contributed by atoms with Gasteiger partial charge in [-0.15, -0.1) is 24.0 Å². The van der Waals surface area contributed by atoms with Gasteiger partial charge >= 0.3 is 0 Å². The van der Waals surface area contributed by atoms with E-state index in [0.29, 0.717) is 11.9 Å². The van der Waals surface area contributed by atoms with Crippen LogP contribution >= 0.6 is 24.0 Å². The molecule has 0 aliphatic heterocycles. The van der Waals surface area contributed by atoms with E-state index in [4.69, 9.17) is 5.73 Å². The molecule has 2 aromatic rings. The molecule has 24 heavy (non-hydrogen) atoms. The predicted octanol–water partition coefficient (Wildman–Crippen LogP) is 4.25. The van der Waals surface area contributed by atoms with E-state index in [-0.39, 0.29) is 24.0 Å². The van der Waals surface area contributed by atoms with Crippen LogP contribution in [0.1, 0.15) is 41.0 Å². The Morgan fingerprint density at radius 1 is 1.04 bits per heavy atom. The van der Waals surface area contributed by atoms with E-state index >= 15 is 0 Å². The van der Waals surface area contributed by atoms with Crippen molar-refractivity contribution in [3.63, 3.8) is 0 Å². The first-order chi connectivity index (χ1) is 11.3. The van der Waals surface area contributed by atoms with Crippen LogP contribution in [-0.2, 0) is 19.3 Å². The fourth-order valence-electron chi connectivity index (χ4n) is 3.81. The summed E-state index contributed by atoms with van der Waals surface area (Å²) >= 11 is 0. The Balaban J connectivity index is 0.00000169. The van der Waals surface area contributed by atoms with Crippen molar-refractivity contribution >= 4 is 35.6 Å². The zero-order valence-electron chi connectivity index (χ0n) is 13.8. The summed E-state index contributed by atoms with van der Waals surface area (Å²) in [6, 6.07) is 15.1. The van der Waals surface area contributed by atoms with Crippen LogP contribution in [0.2, 0.25) is 0 Å². The van der Waals surface area contributed by atoms with Crippen molar-refractivity contribution in [3.8, 4) is 0 Å². The monoisotopic (exact) mass is 433 g/mol. The molecule has 0 amide bonds. The SMILES string of the molecule is I.NC(=NCC1Cc2ccccc21)Nc1cccc2c1CCCC2. The van der Waals surface area contributed by atoms with Crippen molar-refractivity contribution in [2.24, 2.45) is 10.7 Å². The number of hydrogen-bond donors (Lipinski definition) is 2. The number of nitrogens with two attached hydrogens (primary N) is 1. The van der Waals surface area contributed by atoms with Gasteiger partial charge in [-0.05, 0) is 60.4 Å². The summed E-state index contributed by atoms with van der Waals surface area (Å²) in [6.45, 7) is 0.769. The van der Waals surface area contributed by atoms with Gasteiger partial charge < -0.3 is 11.1 Å². The summed E-state index contributed by atoms with van der Waals surface area (Å²) < 4.78 is 0. The van der Waals surface area contributed by atoms with Crippen LogP contribution in [0, 0.1) is 0 Å². The summed E-state index contributed by atoms with van der Waals surface area (Å²) in [4.78, 5) is 4.57. The Morgan fingerprint density at radius 2 is 1.83 bits per heavy atom. The quantitative estimate of drug-likeness (QED) is 0.432. The van der Waals surface area contributed by atoms with Gasteiger partial charge in [-0.25, -0.2) is 0 Å². The van der Waals surface area contributed by atoms with Gasteiger partial charge in [0.2, 0.25) is 0 Å². The van der Waals surface area contributed by atoms with Crippen molar-refractivity contribution in [2.75, 3.05) is 11.9 Å². The van der Waals surface area contributed by atoms with E-state index in [1.165, 1.54) is 41.5 Å². The first-order valence-corrected chi connectivity index (χ1v) is 8.57. The van der Waals surface area contributed by atoms with Crippen LogP contribution < -0.4 is 11.1 Å². The average Bonchev–Trinajstić information content (AvgIpc) is 2.56. The molecule has 0 heterocycles. The third-order valence-electron chi connectivity index (χ3n) is 5.10. The van der Waals surface area contributed by atoms with E-state index in [9.17, 15) is 0 Å². The second kappa shape index (κ2) is 7.55. The Labute approximate surface area is 160 Å². The van der Waals surface area contributed by atoms with Gasteiger partial charge in [-0.1, -0.05) is 36.4 Å². The molecule has 0 aromatic heterocycles. The lowest BCUT2D eigenvalue weighted by Gasteiger charge is -2.28. The Morgan fingerprint density at radius 3 is 2.71 bits per heavy atom. The number of nitrogens with one attached hydrogen (secondary N) is 1. The predicted molar refractivity (Wildman–Crippen MR) is 111 cm³/mol. The highest BCUT2D eigenvalue weighted by Crippen LogP contribution is 2.34. The third kappa shape index (κ3) is 3.43. The molecule has 2 aromatic carbocycles. The molecule has 0 bridgehead atoms. The van der Waals surface area contributed by atoms with Gasteiger partial charge in [0.25, 0.3) is 0 Å². The minimum absolute atomic E-state index is 0. The average molecular weight is 433 g/mol. The maximum atomic E-state index is 6.12. The molecule has 0 saturated heterocycles. The van der Waals surface area contributed by atoms with Gasteiger partial charge in [0.05, 0.1) is 0 Å². The number of anilines is 1. The molecule has 0 fully saturated rings. The molecule has 4 rings (SSSR count). The standard InChI is InChI=1S/C20H23N3.HI/c21-20(22-13-16-12-15-7-2-3-9-17(15)16)23-19-11-5-8-14-6-1-4-10-18(14)19;/h2-3,5,7-9,11,16H,1,4,6,10,12-13H2,(H3,21,22,23);1H. The van der Waals surface area contributed by atoms with Crippen LogP contribution in [0.15, 0.2) is 47.5 Å². The molecular weight excluding hydrogens is 409 g/mol. The van der Waals surface area contributed by atoms with Gasteiger partial charge in [0.15, 0.2) is 5.96 Å². The number of aryl methyl sites for hydroxylation is 1. The Hall–Kier alpha value is -1.56. The summed E-state index contributed by atoms with van der Waals surface area (Å²) in [5, 5.41) is 3.33. The van der Waals surface area contributed by atoms with Gasteiger partial charge in [-0.3, -0.25) is 4.99 Å². The van der Waals surface area contributed by atoms with E-state index in [2.05, 4.69) is 52.8 Å². The first-order valence-electron chi connectivity index (χ1n) is 8.57.